The summed E-state index contributed by atoms with van der Waals surface area (Å²) in [7, 11) is 0. The van der Waals surface area contributed by atoms with E-state index < -0.39 is 34.7 Å². The number of alkyl halides is 5. The number of aromatic nitrogens is 4. The van der Waals surface area contributed by atoms with Crippen molar-refractivity contribution in [3.63, 3.8) is 0 Å². The predicted molar refractivity (Wildman–Crippen MR) is 193 cm³/mol. The molecular weight excluding hydrogens is 746 g/mol. The van der Waals surface area contributed by atoms with Crippen LogP contribution in [0.25, 0.3) is 0 Å². The smallest absolute Gasteiger partial charge is 0.445 e. The normalized spacial score (nSPS) is 25.5. The van der Waals surface area contributed by atoms with E-state index in [0.717, 1.165) is 56.7 Å². The highest BCUT2D eigenvalue weighted by Gasteiger charge is 2.46. The van der Waals surface area contributed by atoms with E-state index >= 15 is 8.78 Å². The Labute approximate surface area is 319 Å². The second kappa shape index (κ2) is 14.4. The highest BCUT2D eigenvalue weighted by atomic mass is 32.1. The third-order valence-electron chi connectivity index (χ3n) is 12.3. The number of nitrogens with zero attached hydrogens (tertiary/aromatic N) is 6. The molecule has 2 unspecified atom stereocenters. The molecule has 2 bridgehead atoms. The van der Waals surface area contributed by atoms with Crippen LogP contribution in [0.2, 0.25) is 0 Å². The summed E-state index contributed by atoms with van der Waals surface area (Å²) in [5.74, 6) is -4.18. The summed E-state index contributed by atoms with van der Waals surface area (Å²) in [5.41, 5.74) is 0.661. The summed E-state index contributed by atoms with van der Waals surface area (Å²) >= 11 is 0.537. The van der Waals surface area contributed by atoms with Crippen molar-refractivity contribution < 1.29 is 41.4 Å². The van der Waals surface area contributed by atoms with E-state index in [2.05, 4.69) is 25.5 Å². The van der Waals surface area contributed by atoms with Gasteiger partial charge < -0.3 is 25.0 Å². The van der Waals surface area contributed by atoms with Crippen LogP contribution in [0.15, 0.2) is 24.4 Å². The molecule has 1 saturated heterocycles. The average molecular weight is 790 g/mol. The Morgan fingerprint density at radius 2 is 1.69 bits per heavy atom. The molecule has 1 spiro atoms. The molecule has 3 aromatic rings. The molecular formula is C38H44F5N7O4S. The third kappa shape index (κ3) is 7.69. The van der Waals surface area contributed by atoms with E-state index in [1.165, 1.54) is 6.20 Å². The molecule has 4 fully saturated rings. The van der Waals surface area contributed by atoms with Gasteiger partial charge in [-0.05, 0) is 80.5 Å². The van der Waals surface area contributed by atoms with Crippen LogP contribution in [-0.4, -0.2) is 68.9 Å². The number of benzene rings is 1. The number of fused-ring (bicyclic) bond motifs is 4. The first-order valence-electron chi connectivity index (χ1n) is 19.2. The van der Waals surface area contributed by atoms with Crippen LogP contribution in [0.5, 0.6) is 5.75 Å². The number of carboxylic acid groups (broad SMARTS) is 1. The third-order valence-corrected chi connectivity index (χ3v) is 13.3. The van der Waals surface area contributed by atoms with E-state index in [-0.39, 0.29) is 52.0 Å². The summed E-state index contributed by atoms with van der Waals surface area (Å²) in [6, 6.07) is 5.54. The molecule has 2 N–H and O–H groups in total. The molecule has 11 nitrogen and oxygen atoms in total. The van der Waals surface area contributed by atoms with Crippen molar-refractivity contribution >= 4 is 40.0 Å². The molecule has 0 radical (unpaired) electrons. The molecule has 55 heavy (non-hydrogen) atoms. The first-order chi connectivity index (χ1) is 26.1. The fraction of sp³-hybridized carbons (Fsp3) is 0.632. The van der Waals surface area contributed by atoms with Gasteiger partial charge in [0.1, 0.15) is 17.5 Å². The summed E-state index contributed by atoms with van der Waals surface area (Å²) in [4.78, 5) is 37.8. The number of ether oxygens (including phenoxy) is 1. The number of carboxylic acids is 1. The second-order valence-electron chi connectivity index (χ2n) is 16.2. The van der Waals surface area contributed by atoms with Gasteiger partial charge in [0.15, 0.2) is 0 Å². The highest BCUT2D eigenvalue weighted by Crippen LogP contribution is 2.52. The van der Waals surface area contributed by atoms with E-state index in [1.807, 2.05) is 23.1 Å². The van der Waals surface area contributed by atoms with Gasteiger partial charge in [-0.3, -0.25) is 9.59 Å². The van der Waals surface area contributed by atoms with E-state index in [1.54, 1.807) is 4.90 Å². The Hall–Kier alpha value is -4.15. The minimum Gasteiger partial charge on any atom is -0.490 e. The zero-order chi connectivity index (χ0) is 38.7. The molecule has 2 aromatic heterocycles. The number of carbonyl (C=O) groups excluding carboxylic acids is 1. The lowest BCUT2D eigenvalue weighted by Crippen LogP contribution is -2.44. The van der Waals surface area contributed by atoms with Crippen LogP contribution < -0.4 is 19.9 Å². The zero-order valence-corrected chi connectivity index (χ0v) is 31.3. The maximum atomic E-state index is 15.3. The number of aliphatic carboxylic acids is 1. The van der Waals surface area contributed by atoms with E-state index in [0.29, 0.717) is 75.2 Å². The van der Waals surface area contributed by atoms with Crippen molar-refractivity contribution in [3.8, 4) is 5.75 Å². The molecule has 296 valence electrons. The largest absolute Gasteiger partial charge is 0.490 e. The molecule has 1 aromatic carbocycles. The standard InChI is InChI=1S/C38H44F5N7O4S/c1-36(39,40)30-27(31(51)45-24-16-21-13-22(17-24)15-23(14-21)32(52)53)19-44-34(46-30)50-20-37(9-3-2-4-10-37)28-18-26(5-6-29(28)50)54-25-7-11-49(12-8-25)35-48-47-33(55-35)38(41,42)43/h5-6,18-19,21-25H,2-4,7-17,20H2,1H3,(H,45,51)(H,52,53). The topological polar surface area (TPSA) is 134 Å². The van der Waals surface area contributed by atoms with E-state index in [4.69, 9.17) is 4.74 Å². The molecule has 4 heterocycles. The SMILES string of the molecule is CC(F)(F)c1nc(N2CC3(CCCCC3)c3cc(OC4CCN(c5nnc(C(F)(F)F)s5)CC4)ccc32)ncc1C(=O)NC1CC2CC(C1)CC(C(=O)O)C2. The molecule has 2 atom stereocenters. The van der Waals surface area contributed by atoms with Gasteiger partial charge in [0, 0.05) is 62.7 Å². The van der Waals surface area contributed by atoms with Crippen LogP contribution in [0.3, 0.4) is 0 Å². The molecule has 8 rings (SSSR count). The molecule has 3 saturated carbocycles. The summed E-state index contributed by atoms with van der Waals surface area (Å²) in [6.07, 6.45) is 5.86. The van der Waals surface area contributed by atoms with Crippen molar-refractivity contribution in [3.05, 3.63) is 46.2 Å². The maximum Gasteiger partial charge on any atom is 0.445 e. The van der Waals surface area contributed by atoms with Crippen LogP contribution in [0.4, 0.5) is 38.7 Å². The molecule has 5 aliphatic rings. The molecule has 2 aliphatic heterocycles. The lowest BCUT2D eigenvalue weighted by Gasteiger charge is -2.41. The van der Waals surface area contributed by atoms with Crippen LogP contribution >= 0.6 is 11.3 Å². The van der Waals surface area contributed by atoms with Crippen molar-refractivity contribution in [1.82, 2.24) is 25.5 Å². The van der Waals surface area contributed by atoms with Gasteiger partial charge in [0.2, 0.25) is 16.1 Å². The molecule has 1 amide bonds. The van der Waals surface area contributed by atoms with Gasteiger partial charge in [-0.1, -0.05) is 30.6 Å². The summed E-state index contributed by atoms with van der Waals surface area (Å²) < 4.78 is 76.2. The average Bonchev–Trinajstić information content (AvgIpc) is 3.76. The van der Waals surface area contributed by atoms with Gasteiger partial charge in [-0.25, -0.2) is 9.97 Å². The minimum atomic E-state index is -4.53. The molecule has 3 aliphatic carbocycles. The Morgan fingerprint density at radius 1 is 0.982 bits per heavy atom. The first-order valence-corrected chi connectivity index (χ1v) is 20.0. The van der Waals surface area contributed by atoms with Crippen LogP contribution in [0, 0.1) is 17.8 Å². The number of halogens is 5. The summed E-state index contributed by atoms with van der Waals surface area (Å²) in [6.45, 7) is 2.18. The van der Waals surface area contributed by atoms with Gasteiger partial charge in [-0.2, -0.15) is 22.0 Å². The van der Waals surface area contributed by atoms with Crippen molar-refractivity contribution in [2.75, 3.05) is 29.4 Å². The number of anilines is 3. The maximum absolute atomic E-state index is 15.3. The Bertz CT molecular complexity index is 1910. The number of rotatable bonds is 8. The number of hydrogen-bond donors (Lipinski definition) is 2. The number of hydrogen-bond acceptors (Lipinski definition) is 10. The number of carbonyl (C=O) groups is 2. The van der Waals surface area contributed by atoms with Crippen molar-refractivity contribution in [2.24, 2.45) is 17.8 Å². The van der Waals surface area contributed by atoms with Gasteiger partial charge in [-0.15, -0.1) is 10.2 Å². The van der Waals surface area contributed by atoms with E-state index in [9.17, 15) is 27.9 Å². The zero-order valence-electron chi connectivity index (χ0n) is 30.5. The Kier molecular flexibility index (Phi) is 9.89. The lowest BCUT2D eigenvalue weighted by molar-refractivity contribution is -0.144. The van der Waals surface area contributed by atoms with Crippen molar-refractivity contribution in [2.45, 2.75) is 114 Å². The molecule has 17 heteroatoms. The number of piperidine rings is 1. The number of amides is 1. The van der Waals surface area contributed by atoms with Gasteiger partial charge >= 0.3 is 12.1 Å². The summed E-state index contributed by atoms with van der Waals surface area (Å²) in [5, 5.41) is 18.8. The minimum absolute atomic E-state index is 0.0927. The number of nitrogens with one attached hydrogen (secondary N) is 1. The second-order valence-corrected chi connectivity index (χ2v) is 17.2. The predicted octanol–water partition coefficient (Wildman–Crippen LogP) is 7.87. The fourth-order valence-corrected chi connectivity index (χ4v) is 10.6. The van der Waals surface area contributed by atoms with Crippen LogP contribution in [-0.2, 0) is 22.3 Å². The van der Waals surface area contributed by atoms with Crippen molar-refractivity contribution in [1.29, 1.82) is 0 Å². The quantitative estimate of drug-likeness (QED) is 0.217. The first kappa shape index (κ1) is 37.8. The monoisotopic (exact) mass is 789 g/mol. The lowest BCUT2D eigenvalue weighted by atomic mass is 9.66. The Morgan fingerprint density at radius 3 is 2.33 bits per heavy atom. The highest BCUT2D eigenvalue weighted by molar-refractivity contribution is 7.15. The Balaban J connectivity index is 0.992. The fourth-order valence-electron chi connectivity index (χ4n) is 9.81. The van der Waals surface area contributed by atoms with Crippen LogP contribution in [0.1, 0.15) is 111 Å². The van der Waals surface area contributed by atoms with Gasteiger partial charge in [0.25, 0.3) is 11.8 Å². The van der Waals surface area contributed by atoms with Gasteiger partial charge in [0.05, 0.1) is 11.5 Å².